The second-order valence-electron chi connectivity index (χ2n) is 12.0. The fourth-order valence-corrected chi connectivity index (χ4v) is 6.02. The number of halogens is 4. The molecule has 0 saturated carbocycles. The molecule has 17 heteroatoms. The molecule has 0 aromatic heterocycles. The monoisotopic (exact) mass is 708 g/mol. The van der Waals surface area contributed by atoms with E-state index < -0.39 is 70.5 Å². The number of anilines is 2. The molecule has 3 aromatic carbocycles. The van der Waals surface area contributed by atoms with Crippen LogP contribution in [0.15, 0.2) is 48.5 Å². The number of carbonyl (C=O) groups excluding carboxylic acids is 7. The fraction of sp³-hybridized carbons (Fsp3) is 0.265. The Balaban J connectivity index is 1.03. The number of unbranched alkanes of at least 4 members (excludes halogenated alkanes) is 1. The van der Waals surface area contributed by atoms with E-state index in [2.05, 4.69) is 26.6 Å². The Morgan fingerprint density at radius 1 is 0.843 bits per heavy atom. The molecule has 3 heterocycles. The number of nitrogens with one attached hydrogen (secondary N) is 5. The second kappa shape index (κ2) is 13.6. The van der Waals surface area contributed by atoms with E-state index in [9.17, 15) is 51.1 Å². The Labute approximate surface area is 286 Å². The third kappa shape index (κ3) is 7.13. The van der Waals surface area contributed by atoms with Crippen molar-refractivity contribution >= 4 is 52.7 Å². The van der Waals surface area contributed by atoms with Crippen LogP contribution in [0.25, 0.3) is 0 Å². The summed E-state index contributed by atoms with van der Waals surface area (Å²) in [5, 5.41) is 12.9. The smallest absolute Gasteiger partial charge is 0.385 e. The average Bonchev–Trinajstić information content (AvgIpc) is 3.57. The lowest BCUT2D eigenvalue weighted by Crippen LogP contribution is -2.54. The standard InChI is InChI=1S/C34H28F4N6O7/c35-19-10-16(9-18(13-19)34(36,37)38)29(47)42-25-12-17(11-22-24(25)15-41-30(22)48)28(46)40-8-2-1-7-39-20-3-4-21-23(14-20)33(51)44(32(21)50)26-5-6-27(45)43-31(26)49/h3-4,9-14,26,39H,1-2,5-8,15H2,(H,40,46)(H,41,48)(H,42,47)(H,43,45,49). The molecule has 5 N–H and O–H groups in total. The molecule has 1 saturated heterocycles. The van der Waals surface area contributed by atoms with Crippen LogP contribution in [0.3, 0.4) is 0 Å². The van der Waals surface area contributed by atoms with Crippen molar-refractivity contribution in [2.75, 3.05) is 23.7 Å². The van der Waals surface area contributed by atoms with Crippen LogP contribution in [0, 0.1) is 5.82 Å². The summed E-state index contributed by atoms with van der Waals surface area (Å²) in [6.45, 7) is 0.606. The first-order chi connectivity index (χ1) is 24.2. The van der Waals surface area contributed by atoms with Crippen LogP contribution < -0.4 is 26.6 Å². The molecule has 51 heavy (non-hydrogen) atoms. The van der Waals surface area contributed by atoms with E-state index in [1.54, 1.807) is 6.07 Å². The summed E-state index contributed by atoms with van der Waals surface area (Å²) >= 11 is 0. The van der Waals surface area contributed by atoms with Crippen LogP contribution in [0.2, 0.25) is 0 Å². The topological polar surface area (TPSA) is 183 Å². The number of piperidine rings is 1. The summed E-state index contributed by atoms with van der Waals surface area (Å²) in [5.74, 6) is -5.86. The Morgan fingerprint density at radius 2 is 1.57 bits per heavy atom. The van der Waals surface area contributed by atoms with Gasteiger partial charge in [0.1, 0.15) is 11.9 Å². The summed E-state index contributed by atoms with van der Waals surface area (Å²) in [5.41, 5.74) is -0.742. The van der Waals surface area contributed by atoms with E-state index in [4.69, 9.17) is 0 Å². The zero-order valence-electron chi connectivity index (χ0n) is 26.5. The van der Waals surface area contributed by atoms with E-state index in [-0.39, 0.29) is 59.9 Å². The lowest BCUT2D eigenvalue weighted by atomic mass is 10.0. The molecule has 0 radical (unpaired) electrons. The van der Waals surface area contributed by atoms with Gasteiger partial charge in [-0.1, -0.05) is 0 Å². The van der Waals surface area contributed by atoms with Gasteiger partial charge in [-0.25, -0.2) is 4.39 Å². The van der Waals surface area contributed by atoms with Gasteiger partial charge in [0.05, 0.1) is 16.7 Å². The quantitative estimate of drug-likeness (QED) is 0.121. The lowest BCUT2D eigenvalue weighted by Gasteiger charge is -2.27. The highest BCUT2D eigenvalue weighted by Crippen LogP contribution is 2.32. The van der Waals surface area contributed by atoms with Crippen molar-refractivity contribution in [3.05, 3.63) is 93.3 Å². The number of nitrogens with zero attached hydrogens (tertiary/aromatic N) is 1. The molecule has 3 aliphatic rings. The highest BCUT2D eigenvalue weighted by molar-refractivity contribution is 6.23. The molecule has 3 aromatic rings. The lowest BCUT2D eigenvalue weighted by molar-refractivity contribution is -0.138. The number of hydrogen-bond donors (Lipinski definition) is 5. The van der Waals surface area contributed by atoms with Crippen LogP contribution in [0.1, 0.15) is 88.6 Å². The van der Waals surface area contributed by atoms with Gasteiger partial charge in [-0.15, -0.1) is 0 Å². The van der Waals surface area contributed by atoms with Crippen molar-refractivity contribution in [3.8, 4) is 0 Å². The zero-order chi connectivity index (χ0) is 36.6. The highest BCUT2D eigenvalue weighted by atomic mass is 19.4. The van der Waals surface area contributed by atoms with Crippen molar-refractivity contribution in [2.24, 2.45) is 0 Å². The first-order valence-corrected chi connectivity index (χ1v) is 15.7. The van der Waals surface area contributed by atoms with Gasteiger partial charge in [0.2, 0.25) is 11.8 Å². The van der Waals surface area contributed by atoms with Crippen LogP contribution in [0.4, 0.5) is 28.9 Å². The van der Waals surface area contributed by atoms with Crippen molar-refractivity contribution < 1.29 is 51.1 Å². The van der Waals surface area contributed by atoms with Crippen LogP contribution in [-0.4, -0.2) is 65.4 Å². The van der Waals surface area contributed by atoms with E-state index in [1.807, 2.05) is 0 Å². The maximum atomic E-state index is 13.9. The third-order valence-electron chi connectivity index (χ3n) is 8.58. The SMILES string of the molecule is O=C1CCC(N2C(=O)c3ccc(NCCCCNC(=O)c4cc(NC(=O)c5cc(F)cc(C(F)(F)F)c5)c5c(c4)C(=O)NC5)cc3C2=O)C(=O)N1. The van der Waals surface area contributed by atoms with Gasteiger partial charge >= 0.3 is 6.18 Å². The van der Waals surface area contributed by atoms with E-state index in [0.29, 0.717) is 42.8 Å². The number of imide groups is 2. The van der Waals surface area contributed by atoms with Gasteiger partial charge in [-0.05, 0) is 67.8 Å². The van der Waals surface area contributed by atoms with Crippen LogP contribution in [0.5, 0.6) is 0 Å². The fourth-order valence-electron chi connectivity index (χ4n) is 6.02. The zero-order valence-corrected chi connectivity index (χ0v) is 26.5. The predicted octanol–water partition coefficient (Wildman–Crippen LogP) is 3.36. The molecule has 1 fully saturated rings. The summed E-state index contributed by atoms with van der Waals surface area (Å²) in [4.78, 5) is 88.8. The first kappa shape index (κ1) is 34.7. The van der Waals surface area contributed by atoms with E-state index >= 15 is 0 Å². The van der Waals surface area contributed by atoms with E-state index in [0.717, 1.165) is 4.90 Å². The van der Waals surface area contributed by atoms with Gasteiger partial charge in [0.15, 0.2) is 0 Å². The summed E-state index contributed by atoms with van der Waals surface area (Å²) in [6, 6.07) is 7.53. The molecule has 3 aliphatic heterocycles. The summed E-state index contributed by atoms with van der Waals surface area (Å²) in [7, 11) is 0. The molecule has 0 spiro atoms. The normalized spacial score (nSPS) is 16.7. The number of amides is 7. The number of carbonyl (C=O) groups is 7. The molecule has 1 unspecified atom stereocenters. The maximum absolute atomic E-state index is 13.9. The largest absolute Gasteiger partial charge is 0.416 e. The molecule has 13 nitrogen and oxygen atoms in total. The highest BCUT2D eigenvalue weighted by Gasteiger charge is 2.44. The maximum Gasteiger partial charge on any atom is 0.416 e. The summed E-state index contributed by atoms with van der Waals surface area (Å²) < 4.78 is 53.4. The minimum atomic E-state index is -4.89. The van der Waals surface area contributed by atoms with Gasteiger partial charge in [0, 0.05) is 59.7 Å². The molecule has 6 rings (SSSR count). The van der Waals surface area contributed by atoms with Gasteiger partial charge in [-0.2, -0.15) is 13.2 Å². The molecule has 0 aliphatic carbocycles. The number of rotatable bonds is 10. The van der Waals surface area contributed by atoms with Crippen molar-refractivity contribution in [3.63, 3.8) is 0 Å². The molecular formula is C34H28F4N6O7. The van der Waals surface area contributed by atoms with E-state index in [1.165, 1.54) is 24.3 Å². The Bertz CT molecular complexity index is 2030. The van der Waals surface area contributed by atoms with Gasteiger partial charge < -0.3 is 21.3 Å². The van der Waals surface area contributed by atoms with Gasteiger partial charge in [0.25, 0.3) is 29.5 Å². The molecule has 7 amide bonds. The molecule has 1 atom stereocenters. The number of fused-ring (bicyclic) bond motifs is 2. The third-order valence-corrected chi connectivity index (χ3v) is 8.58. The average molecular weight is 709 g/mol. The van der Waals surface area contributed by atoms with Crippen LogP contribution in [-0.2, 0) is 22.3 Å². The van der Waals surface area contributed by atoms with Crippen molar-refractivity contribution in [1.29, 1.82) is 0 Å². The molecule has 264 valence electrons. The van der Waals surface area contributed by atoms with Crippen molar-refractivity contribution in [1.82, 2.24) is 20.9 Å². The number of benzene rings is 3. The molecular weight excluding hydrogens is 680 g/mol. The predicted molar refractivity (Wildman–Crippen MR) is 170 cm³/mol. The Kier molecular flexibility index (Phi) is 9.29. The number of hydrogen-bond acceptors (Lipinski definition) is 8. The minimum absolute atomic E-state index is 0.00171. The van der Waals surface area contributed by atoms with Gasteiger partial charge in [-0.3, -0.25) is 43.8 Å². The molecule has 0 bridgehead atoms. The first-order valence-electron chi connectivity index (χ1n) is 15.7. The number of alkyl halides is 3. The summed E-state index contributed by atoms with van der Waals surface area (Å²) in [6.07, 6.45) is -3.80. The Morgan fingerprint density at radius 3 is 2.31 bits per heavy atom. The Hall–Kier alpha value is -6.13. The minimum Gasteiger partial charge on any atom is -0.385 e. The van der Waals surface area contributed by atoms with Crippen LogP contribution >= 0.6 is 0 Å². The van der Waals surface area contributed by atoms with Crippen molar-refractivity contribution in [2.45, 2.75) is 44.4 Å². The second-order valence-corrected chi connectivity index (χ2v) is 12.0.